The van der Waals surface area contributed by atoms with Gasteiger partial charge in [-0.25, -0.2) is 9.59 Å². The molecule has 0 unspecified atom stereocenters. The maximum absolute atomic E-state index is 11.4. The molecular formula is C11H13NO3. The van der Waals surface area contributed by atoms with E-state index in [1.165, 1.54) is 0 Å². The van der Waals surface area contributed by atoms with Crippen molar-refractivity contribution in [2.75, 3.05) is 0 Å². The standard InChI is InChI=1S/C11H13NO3/c1-3-5-7-9-8(6-4-2)10(13)15-11(14)12-9/h3,5-7H,4H2,1-2H3,(H,12,14)/b5-3-,8-6+,9-7+. The molecule has 0 atom stereocenters. The van der Waals surface area contributed by atoms with E-state index >= 15 is 0 Å². The van der Waals surface area contributed by atoms with Gasteiger partial charge in [-0.3, -0.25) is 4.98 Å². The minimum absolute atomic E-state index is 0.398. The van der Waals surface area contributed by atoms with E-state index in [4.69, 9.17) is 0 Å². The Hall–Kier alpha value is -1.84. The van der Waals surface area contributed by atoms with Gasteiger partial charge in [0.2, 0.25) is 0 Å². The second-order valence-corrected chi connectivity index (χ2v) is 2.93. The first-order valence-electron chi connectivity index (χ1n) is 4.75. The quantitative estimate of drug-likeness (QED) is 0.735. The number of nitrogens with one attached hydrogen (secondary N) is 1. The zero-order valence-electron chi connectivity index (χ0n) is 8.74. The lowest BCUT2D eigenvalue weighted by Gasteiger charge is -1.87. The van der Waals surface area contributed by atoms with Crippen LogP contribution in [-0.4, -0.2) is 4.98 Å². The minimum Gasteiger partial charge on any atom is -0.372 e. The van der Waals surface area contributed by atoms with Crippen LogP contribution in [0.3, 0.4) is 0 Å². The highest BCUT2D eigenvalue weighted by molar-refractivity contribution is 5.35. The minimum atomic E-state index is -0.732. The van der Waals surface area contributed by atoms with E-state index in [1.807, 2.05) is 19.9 Å². The van der Waals surface area contributed by atoms with Crippen molar-refractivity contribution in [3.8, 4) is 0 Å². The highest BCUT2D eigenvalue weighted by atomic mass is 16.4. The molecule has 0 bridgehead atoms. The van der Waals surface area contributed by atoms with E-state index in [0.29, 0.717) is 17.0 Å². The summed E-state index contributed by atoms with van der Waals surface area (Å²) in [5, 5.41) is 0.881. The van der Waals surface area contributed by atoms with Gasteiger partial charge in [-0.15, -0.1) is 0 Å². The third-order valence-corrected chi connectivity index (χ3v) is 1.80. The molecule has 0 radical (unpaired) electrons. The van der Waals surface area contributed by atoms with Crippen LogP contribution in [0.5, 0.6) is 0 Å². The molecule has 15 heavy (non-hydrogen) atoms. The van der Waals surface area contributed by atoms with Crippen molar-refractivity contribution in [2.24, 2.45) is 0 Å². The molecule has 1 N–H and O–H groups in total. The Balaban J connectivity index is 3.70. The molecule has 1 aromatic rings. The summed E-state index contributed by atoms with van der Waals surface area (Å²) >= 11 is 0. The molecule has 0 saturated carbocycles. The molecule has 0 amide bonds. The van der Waals surface area contributed by atoms with Gasteiger partial charge in [0.05, 0.1) is 10.6 Å². The Morgan fingerprint density at radius 1 is 1.40 bits per heavy atom. The molecule has 0 aliphatic carbocycles. The van der Waals surface area contributed by atoms with Crippen LogP contribution in [0, 0.1) is 0 Å². The summed E-state index contributed by atoms with van der Waals surface area (Å²) in [5.74, 6) is -0.732. The lowest BCUT2D eigenvalue weighted by Crippen LogP contribution is -2.45. The largest absolute Gasteiger partial charge is 0.419 e. The van der Waals surface area contributed by atoms with E-state index in [2.05, 4.69) is 9.40 Å². The van der Waals surface area contributed by atoms with Crippen molar-refractivity contribution in [3.63, 3.8) is 0 Å². The van der Waals surface area contributed by atoms with Gasteiger partial charge in [0.25, 0.3) is 0 Å². The van der Waals surface area contributed by atoms with Gasteiger partial charge in [0.15, 0.2) is 0 Å². The van der Waals surface area contributed by atoms with E-state index in [-0.39, 0.29) is 0 Å². The van der Waals surface area contributed by atoms with E-state index in [0.717, 1.165) is 0 Å². The Labute approximate surface area is 86.3 Å². The molecule has 4 nitrogen and oxygen atoms in total. The Kier molecular flexibility index (Phi) is 3.85. The smallest absolute Gasteiger partial charge is 0.372 e. The van der Waals surface area contributed by atoms with Gasteiger partial charge in [0, 0.05) is 0 Å². The fraction of sp³-hybridized carbons (Fsp3) is 0.273. The summed E-state index contributed by atoms with van der Waals surface area (Å²) in [6.45, 7) is 3.76. The van der Waals surface area contributed by atoms with Crippen molar-refractivity contribution in [1.82, 2.24) is 4.98 Å². The van der Waals surface area contributed by atoms with Crippen LogP contribution >= 0.6 is 0 Å². The summed E-state index contributed by atoms with van der Waals surface area (Å²) in [5.41, 5.74) is -0.601. The Morgan fingerprint density at radius 3 is 2.73 bits per heavy atom. The second kappa shape index (κ2) is 5.14. The summed E-state index contributed by atoms with van der Waals surface area (Å²) in [6, 6.07) is 0. The number of aromatic amines is 1. The van der Waals surface area contributed by atoms with Gasteiger partial charge in [-0.1, -0.05) is 25.2 Å². The Bertz CT molecular complexity index is 575. The predicted octanol–water partition coefficient (Wildman–Crippen LogP) is -0.125. The topological polar surface area (TPSA) is 63.1 Å². The zero-order chi connectivity index (χ0) is 11.3. The van der Waals surface area contributed by atoms with E-state index < -0.39 is 11.4 Å². The average molecular weight is 207 g/mol. The summed E-state index contributed by atoms with van der Waals surface area (Å²) in [6.07, 6.45) is 7.64. The van der Waals surface area contributed by atoms with Crippen LogP contribution < -0.4 is 21.9 Å². The number of H-pyrrole nitrogens is 1. The van der Waals surface area contributed by atoms with Crippen LogP contribution in [0.25, 0.3) is 12.2 Å². The van der Waals surface area contributed by atoms with Crippen LogP contribution in [-0.2, 0) is 0 Å². The summed E-state index contributed by atoms with van der Waals surface area (Å²) in [7, 11) is 0. The second-order valence-electron chi connectivity index (χ2n) is 2.93. The normalized spacial score (nSPS) is 14.0. The Morgan fingerprint density at radius 2 is 2.13 bits per heavy atom. The van der Waals surface area contributed by atoms with Gasteiger partial charge in [0.1, 0.15) is 0 Å². The molecule has 0 spiro atoms. The third-order valence-electron chi connectivity index (χ3n) is 1.80. The zero-order valence-corrected chi connectivity index (χ0v) is 8.74. The lowest BCUT2D eigenvalue weighted by atomic mass is 10.3. The molecule has 1 rings (SSSR count). The number of hydrogen-bond donors (Lipinski definition) is 1. The van der Waals surface area contributed by atoms with E-state index in [1.54, 1.807) is 18.2 Å². The van der Waals surface area contributed by atoms with Gasteiger partial charge in [-0.05, 0) is 19.4 Å². The number of rotatable bonds is 2. The highest BCUT2D eigenvalue weighted by Crippen LogP contribution is 1.72. The molecule has 0 aliphatic rings. The molecule has 1 aromatic heterocycles. The predicted molar refractivity (Wildman–Crippen MR) is 58.9 cm³/mol. The molecule has 0 aliphatic heterocycles. The molecule has 0 aromatic carbocycles. The first-order valence-corrected chi connectivity index (χ1v) is 4.75. The molecular weight excluding hydrogens is 194 g/mol. The average Bonchev–Trinajstić information content (AvgIpc) is 2.19. The molecule has 80 valence electrons. The molecule has 1 heterocycles. The first-order chi connectivity index (χ1) is 7.19. The number of allylic oxidation sites excluding steroid dienone is 2. The van der Waals surface area contributed by atoms with Crippen molar-refractivity contribution < 1.29 is 4.42 Å². The van der Waals surface area contributed by atoms with Crippen molar-refractivity contribution in [3.05, 3.63) is 43.7 Å². The van der Waals surface area contributed by atoms with Crippen LogP contribution in [0.4, 0.5) is 0 Å². The maximum atomic E-state index is 11.4. The van der Waals surface area contributed by atoms with Crippen LogP contribution in [0.15, 0.2) is 26.2 Å². The SMILES string of the molecule is C\C=C/C=c1/[nH]c(=O)oc(=O)/c1=C/CC. The van der Waals surface area contributed by atoms with Crippen molar-refractivity contribution in [2.45, 2.75) is 20.3 Å². The fourth-order valence-electron chi connectivity index (χ4n) is 1.17. The molecule has 0 fully saturated rings. The fourth-order valence-corrected chi connectivity index (χ4v) is 1.17. The monoisotopic (exact) mass is 207 g/mol. The highest BCUT2D eigenvalue weighted by Gasteiger charge is 1.95. The molecule has 0 saturated heterocycles. The number of aromatic nitrogens is 1. The first kappa shape index (κ1) is 11.2. The number of hydrogen-bond acceptors (Lipinski definition) is 3. The van der Waals surface area contributed by atoms with Crippen molar-refractivity contribution >= 4 is 12.2 Å². The van der Waals surface area contributed by atoms with Gasteiger partial charge in [-0.2, -0.15) is 0 Å². The van der Waals surface area contributed by atoms with Crippen LogP contribution in [0.1, 0.15) is 20.3 Å². The van der Waals surface area contributed by atoms with Crippen LogP contribution in [0.2, 0.25) is 0 Å². The van der Waals surface area contributed by atoms with E-state index in [9.17, 15) is 9.59 Å². The van der Waals surface area contributed by atoms with Crippen molar-refractivity contribution in [1.29, 1.82) is 0 Å². The maximum Gasteiger partial charge on any atom is 0.419 e. The summed E-state index contributed by atoms with van der Waals surface area (Å²) < 4.78 is 4.44. The third kappa shape index (κ3) is 2.80. The van der Waals surface area contributed by atoms with Gasteiger partial charge < -0.3 is 4.42 Å². The molecule has 4 heteroatoms. The summed E-state index contributed by atoms with van der Waals surface area (Å²) in [4.78, 5) is 24.8. The lowest BCUT2D eigenvalue weighted by molar-refractivity contribution is 0.440. The van der Waals surface area contributed by atoms with Gasteiger partial charge >= 0.3 is 11.4 Å².